The number of methoxy groups -OCH3 is 1. The van der Waals surface area contributed by atoms with Gasteiger partial charge in [0.05, 0.1) is 19.6 Å². The number of likely N-dealkylation sites (tertiary alicyclic amines) is 1. The van der Waals surface area contributed by atoms with Crippen molar-refractivity contribution in [1.82, 2.24) is 9.47 Å². The van der Waals surface area contributed by atoms with Crippen LogP contribution in [0.1, 0.15) is 43.7 Å². The van der Waals surface area contributed by atoms with Crippen LogP contribution in [-0.4, -0.2) is 35.6 Å². The Labute approximate surface area is 144 Å². The van der Waals surface area contributed by atoms with E-state index in [1.54, 1.807) is 7.11 Å². The molecular weight excluding hydrogens is 300 g/mol. The van der Waals surface area contributed by atoms with Gasteiger partial charge in [0.15, 0.2) is 0 Å². The van der Waals surface area contributed by atoms with Gasteiger partial charge in [-0.3, -0.25) is 4.79 Å². The van der Waals surface area contributed by atoms with E-state index >= 15 is 0 Å². The molecule has 0 bridgehead atoms. The van der Waals surface area contributed by atoms with Gasteiger partial charge in [0.2, 0.25) is 5.91 Å². The van der Waals surface area contributed by atoms with Crippen molar-refractivity contribution in [2.45, 2.75) is 38.1 Å². The van der Waals surface area contributed by atoms with Crippen molar-refractivity contribution in [2.75, 3.05) is 20.2 Å². The van der Waals surface area contributed by atoms with Gasteiger partial charge in [-0.2, -0.15) is 0 Å². The maximum Gasteiger partial charge on any atom is 0.225 e. The molecule has 0 saturated carbocycles. The van der Waals surface area contributed by atoms with Crippen LogP contribution >= 0.6 is 0 Å². The Bertz CT molecular complexity index is 643. The molecule has 24 heavy (non-hydrogen) atoms. The molecule has 3 rings (SSSR count). The molecule has 0 radical (unpaired) electrons. The summed E-state index contributed by atoms with van der Waals surface area (Å²) >= 11 is 0. The van der Waals surface area contributed by atoms with Gasteiger partial charge < -0.3 is 14.2 Å². The number of aromatic nitrogens is 1. The maximum absolute atomic E-state index is 12.9. The molecule has 1 amide bonds. The Morgan fingerprint density at radius 2 is 1.79 bits per heavy atom. The number of amides is 1. The van der Waals surface area contributed by atoms with E-state index in [-0.39, 0.29) is 11.9 Å². The first kappa shape index (κ1) is 16.6. The minimum atomic E-state index is 0.00542. The lowest BCUT2D eigenvalue weighted by Crippen LogP contribution is -2.33. The van der Waals surface area contributed by atoms with Crippen LogP contribution < -0.4 is 4.74 Å². The minimum absolute atomic E-state index is 0.00542. The molecule has 4 nitrogen and oxygen atoms in total. The van der Waals surface area contributed by atoms with E-state index < -0.39 is 0 Å². The monoisotopic (exact) mass is 326 g/mol. The molecule has 1 atom stereocenters. The van der Waals surface area contributed by atoms with Crippen molar-refractivity contribution >= 4 is 5.91 Å². The third kappa shape index (κ3) is 3.99. The van der Waals surface area contributed by atoms with Gasteiger partial charge in [-0.1, -0.05) is 25.0 Å². The summed E-state index contributed by atoms with van der Waals surface area (Å²) in [6.07, 6.45) is 9.26. The van der Waals surface area contributed by atoms with Crippen LogP contribution in [0.3, 0.4) is 0 Å². The Hall–Kier alpha value is -2.23. The molecule has 0 N–H and O–H groups in total. The third-order valence-corrected chi connectivity index (χ3v) is 4.79. The number of benzene rings is 1. The number of rotatable bonds is 5. The summed E-state index contributed by atoms with van der Waals surface area (Å²) < 4.78 is 7.47. The highest BCUT2D eigenvalue weighted by Gasteiger charge is 2.22. The second-order valence-electron chi connectivity index (χ2n) is 6.42. The molecule has 1 aliphatic rings. The van der Waals surface area contributed by atoms with Crippen LogP contribution in [0, 0.1) is 0 Å². The first-order chi connectivity index (χ1) is 11.8. The summed E-state index contributed by atoms with van der Waals surface area (Å²) in [5.74, 6) is 1.07. The molecule has 1 aromatic heterocycles. The van der Waals surface area contributed by atoms with Gasteiger partial charge in [0, 0.05) is 25.5 Å². The molecule has 0 spiro atoms. The first-order valence-corrected chi connectivity index (χ1v) is 8.82. The highest BCUT2D eigenvalue weighted by atomic mass is 16.5. The van der Waals surface area contributed by atoms with Crippen molar-refractivity contribution in [2.24, 2.45) is 0 Å². The lowest BCUT2D eigenvalue weighted by Gasteiger charge is -2.25. The zero-order chi connectivity index (χ0) is 16.8. The van der Waals surface area contributed by atoms with Crippen molar-refractivity contribution in [1.29, 1.82) is 0 Å². The second-order valence-corrected chi connectivity index (χ2v) is 6.42. The zero-order valence-corrected chi connectivity index (χ0v) is 14.4. The molecule has 2 aromatic rings. The van der Waals surface area contributed by atoms with E-state index in [2.05, 4.69) is 10.6 Å². The second kappa shape index (κ2) is 8.04. The molecule has 1 aromatic carbocycles. The van der Waals surface area contributed by atoms with Gasteiger partial charge in [-0.15, -0.1) is 0 Å². The molecule has 0 aliphatic carbocycles. The lowest BCUT2D eigenvalue weighted by atomic mass is 10.0. The summed E-state index contributed by atoms with van der Waals surface area (Å²) in [7, 11) is 1.67. The molecule has 1 fully saturated rings. The van der Waals surface area contributed by atoms with Gasteiger partial charge >= 0.3 is 0 Å². The quantitative estimate of drug-likeness (QED) is 0.836. The Kier molecular flexibility index (Phi) is 5.57. The highest BCUT2D eigenvalue weighted by Crippen LogP contribution is 2.27. The summed E-state index contributed by atoms with van der Waals surface area (Å²) in [5.41, 5.74) is 1.11. The predicted octanol–water partition coefficient (Wildman–Crippen LogP) is 3.88. The third-order valence-electron chi connectivity index (χ3n) is 4.79. The van der Waals surface area contributed by atoms with Gasteiger partial charge in [0.25, 0.3) is 0 Å². The number of hydrogen-bond acceptors (Lipinski definition) is 2. The zero-order valence-electron chi connectivity index (χ0n) is 14.4. The number of ether oxygens (including phenoxy) is 1. The number of carbonyl (C=O) groups is 1. The molecule has 1 aliphatic heterocycles. The van der Waals surface area contributed by atoms with E-state index in [9.17, 15) is 4.79 Å². The SMILES string of the molecule is COc1cccc([C@@H](CC(=O)N2CCCCCC2)n2cccc2)c1. The molecular formula is C20H26N2O2. The van der Waals surface area contributed by atoms with E-state index in [1.165, 1.54) is 12.8 Å². The molecule has 128 valence electrons. The van der Waals surface area contributed by atoms with Crippen molar-refractivity contribution in [3.8, 4) is 5.75 Å². The fourth-order valence-electron chi connectivity index (χ4n) is 3.41. The van der Waals surface area contributed by atoms with Crippen LogP contribution in [-0.2, 0) is 4.79 Å². The van der Waals surface area contributed by atoms with Gasteiger partial charge in [-0.05, 0) is 42.7 Å². The van der Waals surface area contributed by atoms with Crippen molar-refractivity contribution < 1.29 is 9.53 Å². The Morgan fingerprint density at radius 3 is 2.46 bits per heavy atom. The van der Waals surface area contributed by atoms with Crippen molar-refractivity contribution in [3.05, 3.63) is 54.4 Å². The molecule has 0 unspecified atom stereocenters. The summed E-state index contributed by atoms with van der Waals surface area (Å²) in [4.78, 5) is 14.9. The van der Waals surface area contributed by atoms with E-state index in [4.69, 9.17) is 4.74 Å². The van der Waals surface area contributed by atoms with Gasteiger partial charge in [0.1, 0.15) is 5.75 Å². The summed E-state index contributed by atoms with van der Waals surface area (Å²) in [5, 5.41) is 0. The number of hydrogen-bond donors (Lipinski definition) is 0. The number of nitrogens with zero attached hydrogens (tertiary/aromatic N) is 2. The average Bonchev–Trinajstić information content (AvgIpc) is 3.01. The average molecular weight is 326 g/mol. The van der Waals surface area contributed by atoms with Crippen LogP contribution in [0.15, 0.2) is 48.8 Å². The Balaban J connectivity index is 1.81. The van der Waals surface area contributed by atoms with Crippen molar-refractivity contribution in [3.63, 3.8) is 0 Å². The van der Waals surface area contributed by atoms with Crippen LogP contribution in [0.2, 0.25) is 0 Å². The van der Waals surface area contributed by atoms with Crippen LogP contribution in [0.5, 0.6) is 5.75 Å². The van der Waals surface area contributed by atoms with E-state index in [0.29, 0.717) is 6.42 Å². The number of carbonyl (C=O) groups excluding carboxylic acids is 1. The fourth-order valence-corrected chi connectivity index (χ4v) is 3.41. The fraction of sp³-hybridized carbons (Fsp3) is 0.450. The molecule has 2 heterocycles. The van der Waals surface area contributed by atoms with Gasteiger partial charge in [-0.25, -0.2) is 0 Å². The largest absolute Gasteiger partial charge is 0.497 e. The Morgan fingerprint density at radius 1 is 1.08 bits per heavy atom. The maximum atomic E-state index is 12.9. The highest BCUT2D eigenvalue weighted by molar-refractivity contribution is 5.77. The predicted molar refractivity (Wildman–Crippen MR) is 95.2 cm³/mol. The lowest BCUT2D eigenvalue weighted by molar-refractivity contribution is -0.131. The first-order valence-electron chi connectivity index (χ1n) is 8.82. The van der Waals surface area contributed by atoms with E-state index in [1.807, 2.05) is 47.6 Å². The minimum Gasteiger partial charge on any atom is -0.497 e. The van der Waals surface area contributed by atoms with E-state index in [0.717, 1.165) is 37.2 Å². The molecule has 4 heteroatoms. The topological polar surface area (TPSA) is 34.5 Å². The normalized spacial score (nSPS) is 16.5. The smallest absolute Gasteiger partial charge is 0.225 e. The standard InChI is InChI=1S/C20H26N2O2/c1-24-18-10-8-9-17(15-18)19(21-11-6-7-12-21)16-20(23)22-13-4-2-3-5-14-22/h6-12,15,19H,2-5,13-14,16H2,1H3/t19-/m1/s1. The summed E-state index contributed by atoms with van der Waals surface area (Å²) in [6.45, 7) is 1.80. The summed E-state index contributed by atoms with van der Waals surface area (Å²) in [6, 6.07) is 12.0. The van der Waals surface area contributed by atoms with Crippen LogP contribution in [0.25, 0.3) is 0 Å². The molecule has 1 saturated heterocycles. The van der Waals surface area contributed by atoms with Crippen LogP contribution in [0.4, 0.5) is 0 Å².